The number of hydrogen-bond donors (Lipinski definition) is 0. The molecule has 0 atom stereocenters. The highest BCUT2D eigenvalue weighted by atomic mass is 32.1. The summed E-state index contributed by atoms with van der Waals surface area (Å²) in [5.74, 6) is 1.00. The summed E-state index contributed by atoms with van der Waals surface area (Å²) in [6.07, 6.45) is 1.53. The molecule has 0 bridgehead atoms. The van der Waals surface area contributed by atoms with Crippen molar-refractivity contribution < 1.29 is 19.1 Å². The highest BCUT2D eigenvalue weighted by Gasteiger charge is 2.27. The Kier molecular flexibility index (Phi) is 6.70. The van der Waals surface area contributed by atoms with Gasteiger partial charge in [0.05, 0.1) is 19.3 Å². The lowest BCUT2D eigenvalue weighted by Gasteiger charge is -2.35. The molecule has 2 aromatic heterocycles. The third-order valence-corrected chi connectivity index (χ3v) is 6.47. The van der Waals surface area contributed by atoms with E-state index in [-0.39, 0.29) is 11.9 Å². The third-order valence-electron chi connectivity index (χ3n) is 5.32. The maximum Gasteiger partial charge on any atom is 0.339 e. The molecule has 1 aliphatic heterocycles. The molecule has 32 heavy (non-hydrogen) atoms. The molecule has 3 aromatic rings. The highest BCUT2D eigenvalue weighted by Crippen LogP contribution is 2.37. The van der Waals surface area contributed by atoms with Gasteiger partial charge >= 0.3 is 5.97 Å². The van der Waals surface area contributed by atoms with Crippen LogP contribution in [0.25, 0.3) is 10.4 Å². The van der Waals surface area contributed by atoms with Crippen LogP contribution in [0.15, 0.2) is 54.7 Å². The Morgan fingerprint density at radius 1 is 1.06 bits per heavy atom. The van der Waals surface area contributed by atoms with Gasteiger partial charge in [-0.15, -0.1) is 11.3 Å². The van der Waals surface area contributed by atoms with Crippen LogP contribution < -0.4 is 9.64 Å². The Morgan fingerprint density at radius 2 is 1.81 bits per heavy atom. The lowest BCUT2D eigenvalue weighted by molar-refractivity contribution is 0.0525. The van der Waals surface area contributed by atoms with Crippen molar-refractivity contribution in [1.82, 2.24) is 9.88 Å². The third kappa shape index (κ3) is 4.60. The van der Waals surface area contributed by atoms with E-state index in [1.807, 2.05) is 47.4 Å². The number of carbonyl (C=O) groups is 2. The largest absolute Gasteiger partial charge is 0.495 e. The van der Waals surface area contributed by atoms with Crippen LogP contribution in [-0.4, -0.2) is 61.7 Å². The maximum absolute atomic E-state index is 13.2. The Morgan fingerprint density at radius 3 is 2.44 bits per heavy atom. The Bertz CT molecular complexity index is 1070. The molecule has 0 unspecified atom stereocenters. The number of thiophene rings is 1. The zero-order valence-electron chi connectivity index (χ0n) is 18.1. The van der Waals surface area contributed by atoms with Gasteiger partial charge in [0, 0.05) is 37.3 Å². The molecule has 0 N–H and O–H groups in total. The number of nitrogens with zero attached hydrogens (tertiary/aromatic N) is 3. The number of piperazine rings is 1. The molecular weight excluding hydrogens is 426 g/mol. The average Bonchev–Trinajstić information content (AvgIpc) is 3.29. The topological polar surface area (TPSA) is 72.0 Å². The van der Waals surface area contributed by atoms with Gasteiger partial charge in [0.2, 0.25) is 0 Å². The lowest BCUT2D eigenvalue weighted by Crippen LogP contribution is -2.49. The molecule has 0 spiro atoms. The van der Waals surface area contributed by atoms with E-state index in [4.69, 9.17) is 9.47 Å². The fraction of sp³-hybridized carbons (Fsp3) is 0.292. The molecule has 0 aliphatic carbocycles. The van der Waals surface area contributed by atoms with Gasteiger partial charge < -0.3 is 19.3 Å². The van der Waals surface area contributed by atoms with Gasteiger partial charge in [0.1, 0.15) is 16.4 Å². The monoisotopic (exact) mass is 451 g/mol. The molecule has 1 aliphatic rings. The molecule has 8 heteroatoms. The van der Waals surface area contributed by atoms with Crippen molar-refractivity contribution in [2.45, 2.75) is 6.92 Å². The minimum absolute atomic E-state index is 0.0145. The van der Waals surface area contributed by atoms with Crippen LogP contribution in [0.1, 0.15) is 27.0 Å². The van der Waals surface area contributed by atoms with E-state index in [1.54, 1.807) is 20.1 Å². The molecule has 4 rings (SSSR count). The van der Waals surface area contributed by atoms with Gasteiger partial charge in [-0.1, -0.05) is 30.3 Å². The van der Waals surface area contributed by atoms with Crippen molar-refractivity contribution in [3.63, 3.8) is 0 Å². The minimum atomic E-state index is -0.373. The van der Waals surface area contributed by atoms with E-state index in [0.29, 0.717) is 49.0 Å². The van der Waals surface area contributed by atoms with Crippen LogP contribution in [0.2, 0.25) is 0 Å². The number of carbonyl (C=O) groups excluding carboxylic acids is 2. The number of esters is 1. The summed E-state index contributed by atoms with van der Waals surface area (Å²) < 4.78 is 10.5. The Labute approximate surface area is 191 Å². The number of anilines is 1. The fourth-order valence-corrected chi connectivity index (χ4v) is 4.71. The van der Waals surface area contributed by atoms with E-state index in [2.05, 4.69) is 9.88 Å². The van der Waals surface area contributed by atoms with Crippen LogP contribution in [0, 0.1) is 0 Å². The predicted molar refractivity (Wildman–Crippen MR) is 125 cm³/mol. The zero-order valence-corrected chi connectivity index (χ0v) is 18.9. The van der Waals surface area contributed by atoms with E-state index in [0.717, 1.165) is 16.3 Å². The molecule has 3 heterocycles. The summed E-state index contributed by atoms with van der Waals surface area (Å²) in [5, 5.41) is 0. The normalized spacial score (nSPS) is 13.7. The van der Waals surface area contributed by atoms with Crippen LogP contribution in [0.5, 0.6) is 5.75 Å². The summed E-state index contributed by atoms with van der Waals surface area (Å²) >= 11 is 1.46. The van der Waals surface area contributed by atoms with Gasteiger partial charge in [0.15, 0.2) is 0 Å². The molecule has 1 aromatic carbocycles. The van der Waals surface area contributed by atoms with Crippen molar-refractivity contribution in [1.29, 1.82) is 0 Å². The number of methoxy groups -OCH3 is 1. The quantitative estimate of drug-likeness (QED) is 0.529. The maximum atomic E-state index is 13.2. The van der Waals surface area contributed by atoms with Crippen LogP contribution in [0.4, 0.5) is 5.82 Å². The van der Waals surface area contributed by atoms with Crippen LogP contribution in [0.3, 0.4) is 0 Å². The SMILES string of the molecule is CCOC(=O)c1ccc(N2CCN(C(=O)c3sc(-c4ccccc4)cc3OC)CC2)nc1. The lowest BCUT2D eigenvalue weighted by atomic mass is 10.2. The van der Waals surface area contributed by atoms with E-state index < -0.39 is 0 Å². The summed E-state index contributed by atoms with van der Waals surface area (Å²) in [6.45, 7) is 4.60. The predicted octanol–water partition coefficient (Wildman–Crippen LogP) is 3.96. The van der Waals surface area contributed by atoms with Crippen molar-refractivity contribution in [2.75, 3.05) is 44.8 Å². The number of rotatable bonds is 6. The first-order valence-corrected chi connectivity index (χ1v) is 11.3. The second kappa shape index (κ2) is 9.82. The van der Waals surface area contributed by atoms with Gasteiger partial charge in [-0.3, -0.25) is 4.79 Å². The van der Waals surface area contributed by atoms with Gasteiger partial charge in [-0.2, -0.15) is 0 Å². The zero-order chi connectivity index (χ0) is 22.5. The van der Waals surface area contributed by atoms with Crippen molar-refractivity contribution in [3.05, 3.63) is 65.2 Å². The molecular formula is C24H25N3O4S. The first-order chi connectivity index (χ1) is 15.6. The second-order valence-corrected chi connectivity index (χ2v) is 8.33. The van der Waals surface area contributed by atoms with Crippen molar-refractivity contribution in [3.8, 4) is 16.2 Å². The Hall–Kier alpha value is -3.39. The van der Waals surface area contributed by atoms with E-state index in [9.17, 15) is 9.59 Å². The van der Waals surface area contributed by atoms with Crippen LogP contribution >= 0.6 is 11.3 Å². The number of benzene rings is 1. The number of amides is 1. The molecule has 1 saturated heterocycles. The minimum Gasteiger partial charge on any atom is -0.495 e. The number of ether oxygens (including phenoxy) is 2. The molecule has 1 fully saturated rings. The standard InChI is InChI=1S/C24H25N3O4S/c1-3-31-24(29)18-9-10-21(25-16-18)26-11-13-27(14-12-26)23(28)22-19(30-2)15-20(32-22)17-7-5-4-6-8-17/h4-10,15-16H,3,11-14H2,1-2H3. The highest BCUT2D eigenvalue weighted by molar-refractivity contribution is 7.17. The molecule has 7 nitrogen and oxygen atoms in total. The summed E-state index contributed by atoms with van der Waals surface area (Å²) in [7, 11) is 1.59. The van der Waals surface area contributed by atoms with Gasteiger partial charge in [-0.25, -0.2) is 9.78 Å². The fourth-order valence-electron chi connectivity index (χ4n) is 3.61. The first-order valence-electron chi connectivity index (χ1n) is 10.5. The number of aromatic nitrogens is 1. The number of pyridine rings is 1. The molecule has 166 valence electrons. The summed E-state index contributed by atoms with van der Waals surface area (Å²) in [6, 6.07) is 15.5. The van der Waals surface area contributed by atoms with E-state index in [1.165, 1.54) is 17.5 Å². The van der Waals surface area contributed by atoms with E-state index >= 15 is 0 Å². The smallest absolute Gasteiger partial charge is 0.339 e. The number of hydrogen-bond acceptors (Lipinski definition) is 7. The van der Waals surface area contributed by atoms with Gasteiger partial charge in [-0.05, 0) is 30.7 Å². The second-order valence-electron chi connectivity index (χ2n) is 7.28. The average molecular weight is 452 g/mol. The summed E-state index contributed by atoms with van der Waals surface area (Å²) in [4.78, 5) is 35.0. The van der Waals surface area contributed by atoms with Crippen LogP contribution in [-0.2, 0) is 4.74 Å². The molecule has 1 amide bonds. The molecule has 0 radical (unpaired) electrons. The Balaban J connectivity index is 1.42. The summed E-state index contributed by atoms with van der Waals surface area (Å²) in [5.41, 5.74) is 1.50. The molecule has 0 saturated carbocycles. The van der Waals surface area contributed by atoms with Crippen molar-refractivity contribution >= 4 is 29.0 Å². The first kappa shape index (κ1) is 21.8. The van der Waals surface area contributed by atoms with Gasteiger partial charge in [0.25, 0.3) is 5.91 Å². The van der Waals surface area contributed by atoms with Crippen molar-refractivity contribution in [2.24, 2.45) is 0 Å².